The van der Waals surface area contributed by atoms with E-state index in [1.54, 1.807) is 30.5 Å². The second-order valence-corrected chi connectivity index (χ2v) is 4.74. The molecule has 0 atom stereocenters. The van der Waals surface area contributed by atoms with E-state index in [2.05, 4.69) is 10.5 Å². The number of rotatable bonds is 5. The van der Waals surface area contributed by atoms with Crippen molar-refractivity contribution in [3.8, 4) is 11.3 Å². The molecule has 0 aliphatic carbocycles. The summed E-state index contributed by atoms with van der Waals surface area (Å²) < 4.78 is 5.65. The second-order valence-electron chi connectivity index (χ2n) is 4.74. The number of hydrogen-bond donors (Lipinski definition) is 1. The molecule has 114 valence electrons. The Bertz CT molecular complexity index is 824. The van der Waals surface area contributed by atoms with Crippen LogP contribution >= 0.6 is 0 Å². The van der Waals surface area contributed by atoms with E-state index in [9.17, 15) is 10.1 Å². The van der Waals surface area contributed by atoms with Crippen LogP contribution in [0.15, 0.2) is 76.2 Å². The van der Waals surface area contributed by atoms with E-state index in [0.29, 0.717) is 11.5 Å². The number of nitrogens with zero attached hydrogens (tertiary/aromatic N) is 2. The van der Waals surface area contributed by atoms with Crippen LogP contribution < -0.4 is 5.43 Å². The lowest BCUT2D eigenvalue weighted by Crippen LogP contribution is -1.88. The summed E-state index contributed by atoms with van der Waals surface area (Å²) in [5.41, 5.74) is 4.60. The van der Waals surface area contributed by atoms with Gasteiger partial charge in [0.1, 0.15) is 11.5 Å². The Labute approximate surface area is 132 Å². The molecule has 0 spiro atoms. The molecule has 0 saturated heterocycles. The largest absolute Gasteiger partial charge is 0.455 e. The highest BCUT2D eigenvalue weighted by Gasteiger charge is 2.07. The molecule has 0 bridgehead atoms. The topological polar surface area (TPSA) is 80.7 Å². The number of nitro groups is 1. The van der Waals surface area contributed by atoms with Gasteiger partial charge in [-0.1, -0.05) is 18.2 Å². The first-order valence-corrected chi connectivity index (χ1v) is 6.91. The van der Waals surface area contributed by atoms with Crippen LogP contribution in [0.4, 0.5) is 11.4 Å². The molecule has 2 aromatic carbocycles. The van der Waals surface area contributed by atoms with Crippen LogP contribution in [0.2, 0.25) is 0 Å². The van der Waals surface area contributed by atoms with Crippen molar-refractivity contribution in [2.45, 2.75) is 0 Å². The van der Waals surface area contributed by atoms with Gasteiger partial charge in [-0.2, -0.15) is 5.10 Å². The highest BCUT2D eigenvalue weighted by molar-refractivity contribution is 5.78. The van der Waals surface area contributed by atoms with Crippen molar-refractivity contribution in [2.24, 2.45) is 5.10 Å². The van der Waals surface area contributed by atoms with E-state index in [1.165, 1.54) is 12.1 Å². The van der Waals surface area contributed by atoms with Gasteiger partial charge >= 0.3 is 0 Å². The average molecular weight is 307 g/mol. The number of hydrogen-bond acceptors (Lipinski definition) is 5. The summed E-state index contributed by atoms with van der Waals surface area (Å²) in [4.78, 5) is 10.2. The van der Waals surface area contributed by atoms with Crippen molar-refractivity contribution in [1.29, 1.82) is 0 Å². The summed E-state index contributed by atoms with van der Waals surface area (Å²) >= 11 is 0. The van der Waals surface area contributed by atoms with Gasteiger partial charge in [0.15, 0.2) is 0 Å². The van der Waals surface area contributed by atoms with Crippen LogP contribution in [0.3, 0.4) is 0 Å². The first kappa shape index (κ1) is 14.5. The molecule has 1 aromatic heterocycles. The highest BCUT2D eigenvalue weighted by Crippen LogP contribution is 2.24. The van der Waals surface area contributed by atoms with Crippen molar-refractivity contribution in [2.75, 3.05) is 5.43 Å². The predicted molar refractivity (Wildman–Crippen MR) is 88.5 cm³/mol. The van der Waals surface area contributed by atoms with E-state index >= 15 is 0 Å². The van der Waals surface area contributed by atoms with Crippen LogP contribution in [0, 0.1) is 10.1 Å². The van der Waals surface area contributed by atoms with Crippen molar-refractivity contribution in [1.82, 2.24) is 0 Å². The normalized spacial score (nSPS) is 10.8. The lowest BCUT2D eigenvalue weighted by Gasteiger charge is -1.98. The third kappa shape index (κ3) is 3.62. The van der Waals surface area contributed by atoms with E-state index in [-0.39, 0.29) is 5.69 Å². The summed E-state index contributed by atoms with van der Waals surface area (Å²) in [6.45, 7) is 0. The molecule has 1 heterocycles. The molecule has 3 rings (SSSR count). The lowest BCUT2D eigenvalue weighted by molar-refractivity contribution is -0.384. The monoisotopic (exact) mass is 307 g/mol. The zero-order valence-corrected chi connectivity index (χ0v) is 12.0. The first-order chi connectivity index (χ1) is 11.2. The maximum atomic E-state index is 10.6. The number of furan rings is 1. The Morgan fingerprint density at radius 2 is 1.74 bits per heavy atom. The first-order valence-electron chi connectivity index (χ1n) is 6.91. The van der Waals surface area contributed by atoms with E-state index in [0.717, 1.165) is 11.3 Å². The smallest absolute Gasteiger partial charge is 0.269 e. The van der Waals surface area contributed by atoms with Crippen molar-refractivity contribution in [3.05, 3.63) is 82.6 Å². The third-order valence-electron chi connectivity index (χ3n) is 3.15. The van der Waals surface area contributed by atoms with E-state index in [1.807, 2.05) is 30.3 Å². The number of benzene rings is 2. The predicted octanol–water partition coefficient (Wildman–Crippen LogP) is 4.30. The number of non-ortho nitro benzene ring substituents is 1. The van der Waals surface area contributed by atoms with Gasteiger partial charge in [0.05, 0.1) is 16.8 Å². The van der Waals surface area contributed by atoms with Gasteiger partial charge in [-0.15, -0.1) is 0 Å². The molecule has 0 aliphatic heterocycles. The molecule has 0 amide bonds. The Balaban J connectivity index is 1.69. The second kappa shape index (κ2) is 6.57. The fraction of sp³-hybridized carbons (Fsp3) is 0. The maximum Gasteiger partial charge on any atom is 0.269 e. The van der Waals surface area contributed by atoms with Crippen LogP contribution in [0.5, 0.6) is 0 Å². The Morgan fingerprint density at radius 1 is 1.00 bits per heavy atom. The van der Waals surface area contributed by atoms with Gasteiger partial charge < -0.3 is 4.42 Å². The minimum absolute atomic E-state index is 0.0501. The number of anilines is 1. The van der Waals surface area contributed by atoms with Gasteiger partial charge in [0, 0.05) is 17.7 Å². The van der Waals surface area contributed by atoms with E-state index in [4.69, 9.17) is 4.42 Å². The van der Waals surface area contributed by atoms with E-state index < -0.39 is 4.92 Å². The molecular formula is C17H13N3O3. The fourth-order valence-electron chi connectivity index (χ4n) is 2.01. The summed E-state index contributed by atoms with van der Waals surface area (Å²) in [5, 5.41) is 14.7. The van der Waals surface area contributed by atoms with Gasteiger partial charge in [-0.05, 0) is 36.4 Å². The Kier molecular flexibility index (Phi) is 4.15. The minimum atomic E-state index is -0.431. The lowest BCUT2D eigenvalue weighted by atomic mass is 10.1. The van der Waals surface area contributed by atoms with Crippen LogP contribution in [-0.2, 0) is 0 Å². The molecule has 0 fully saturated rings. The Morgan fingerprint density at radius 3 is 2.43 bits per heavy atom. The molecule has 23 heavy (non-hydrogen) atoms. The number of para-hydroxylation sites is 1. The average Bonchev–Trinajstić information content (AvgIpc) is 3.05. The van der Waals surface area contributed by atoms with Gasteiger partial charge in [-0.25, -0.2) is 0 Å². The van der Waals surface area contributed by atoms with Crippen molar-refractivity contribution < 1.29 is 9.34 Å². The van der Waals surface area contributed by atoms with Crippen molar-refractivity contribution >= 4 is 17.6 Å². The van der Waals surface area contributed by atoms with Gasteiger partial charge in [0.2, 0.25) is 0 Å². The molecule has 6 nitrogen and oxygen atoms in total. The summed E-state index contributed by atoms with van der Waals surface area (Å²) in [5.74, 6) is 1.21. The van der Waals surface area contributed by atoms with Gasteiger partial charge in [-0.3, -0.25) is 15.5 Å². The molecule has 6 heteroatoms. The van der Waals surface area contributed by atoms with Crippen LogP contribution in [0.1, 0.15) is 5.76 Å². The van der Waals surface area contributed by atoms with Crippen LogP contribution in [0.25, 0.3) is 11.3 Å². The third-order valence-corrected chi connectivity index (χ3v) is 3.15. The number of hydrazone groups is 1. The summed E-state index contributed by atoms with van der Waals surface area (Å²) in [7, 11) is 0. The maximum absolute atomic E-state index is 10.6. The van der Waals surface area contributed by atoms with Gasteiger partial charge in [0.25, 0.3) is 5.69 Å². The summed E-state index contributed by atoms with van der Waals surface area (Å²) in [6.07, 6.45) is 1.57. The molecule has 1 N–H and O–H groups in total. The summed E-state index contributed by atoms with van der Waals surface area (Å²) in [6, 6.07) is 19.3. The molecule has 0 unspecified atom stereocenters. The molecule has 0 radical (unpaired) electrons. The molecule has 3 aromatic rings. The zero-order valence-electron chi connectivity index (χ0n) is 12.0. The SMILES string of the molecule is O=[N+]([O-])c1ccc(-c2ccc(/C=N\Nc3ccccc3)o2)cc1. The standard InChI is InChI=1S/C17H13N3O3/c21-20(22)15-8-6-13(7-9-15)17-11-10-16(23-17)12-18-19-14-4-2-1-3-5-14/h1-12,19H/b18-12-. The number of nitro benzene ring substituents is 1. The molecule has 0 saturated carbocycles. The van der Waals surface area contributed by atoms with Crippen LogP contribution in [-0.4, -0.2) is 11.1 Å². The molecular weight excluding hydrogens is 294 g/mol. The quantitative estimate of drug-likeness (QED) is 0.433. The fourth-order valence-corrected chi connectivity index (χ4v) is 2.01. The Hall–Kier alpha value is -3.41. The minimum Gasteiger partial charge on any atom is -0.455 e. The highest BCUT2D eigenvalue weighted by atomic mass is 16.6. The van der Waals surface area contributed by atoms with Crippen molar-refractivity contribution in [3.63, 3.8) is 0 Å². The zero-order chi connectivity index (χ0) is 16.1. The molecule has 0 aliphatic rings. The number of nitrogens with one attached hydrogen (secondary N) is 1.